The summed E-state index contributed by atoms with van der Waals surface area (Å²) in [6.07, 6.45) is 2.05. The van der Waals surface area contributed by atoms with Crippen molar-refractivity contribution in [3.8, 4) is 0 Å². The molecule has 0 fully saturated rings. The van der Waals surface area contributed by atoms with Crippen molar-refractivity contribution in [3.63, 3.8) is 0 Å². The molecule has 0 amide bonds. The number of hydrogen-bond donors (Lipinski definition) is 3. The molecular weight excluding hydrogens is 300 g/mol. The number of aliphatic imine (C=N–C) groups is 1. The molecule has 0 saturated carbocycles. The predicted octanol–water partition coefficient (Wildman–Crippen LogP) is 0.560. The molecule has 0 aliphatic carbocycles. The zero-order valence-electron chi connectivity index (χ0n) is 13.7. The van der Waals surface area contributed by atoms with E-state index in [9.17, 15) is 8.42 Å². The molecular formula is C15H26N4O2S. The summed E-state index contributed by atoms with van der Waals surface area (Å²) in [5, 5.41) is 6.28. The first-order chi connectivity index (χ1) is 10.3. The van der Waals surface area contributed by atoms with Crippen molar-refractivity contribution in [3.05, 3.63) is 34.9 Å². The van der Waals surface area contributed by atoms with Crippen LogP contribution in [-0.4, -0.2) is 47.3 Å². The lowest BCUT2D eigenvalue weighted by molar-refractivity contribution is 0.586. The lowest BCUT2D eigenvalue weighted by Gasteiger charge is -2.12. The molecule has 0 aromatic heterocycles. The van der Waals surface area contributed by atoms with Gasteiger partial charge in [-0.05, 0) is 25.8 Å². The van der Waals surface area contributed by atoms with Crippen molar-refractivity contribution in [1.82, 2.24) is 15.4 Å². The maximum absolute atomic E-state index is 10.9. The van der Waals surface area contributed by atoms with Gasteiger partial charge in [0.25, 0.3) is 0 Å². The van der Waals surface area contributed by atoms with E-state index >= 15 is 0 Å². The van der Waals surface area contributed by atoms with Gasteiger partial charge in [0.2, 0.25) is 10.0 Å². The molecule has 0 bridgehead atoms. The van der Waals surface area contributed by atoms with Crippen LogP contribution in [0.5, 0.6) is 0 Å². The van der Waals surface area contributed by atoms with Gasteiger partial charge in [-0.25, -0.2) is 13.1 Å². The Balaban J connectivity index is 2.32. The highest BCUT2D eigenvalue weighted by Gasteiger charge is 2.01. The molecule has 0 radical (unpaired) electrons. The van der Waals surface area contributed by atoms with E-state index in [1.807, 2.05) is 0 Å². The van der Waals surface area contributed by atoms with Gasteiger partial charge in [-0.3, -0.25) is 4.99 Å². The molecule has 0 spiro atoms. The van der Waals surface area contributed by atoms with Crippen LogP contribution in [0, 0.1) is 13.8 Å². The van der Waals surface area contributed by atoms with E-state index in [1.165, 1.54) is 16.7 Å². The Hall–Kier alpha value is -1.60. The Morgan fingerprint density at radius 1 is 1.05 bits per heavy atom. The quantitative estimate of drug-likeness (QED) is 0.388. The summed E-state index contributed by atoms with van der Waals surface area (Å²) >= 11 is 0. The fourth-order valence-electron chi connectivity index (χ4n) is 2.18. The zero-order valence-corrected chi connectivity index (χ0v) is 14.5. The minimum atomic E-state index is -3.14. The molecule has 0 aliphatic heterocycles. The molecule has 22 heavy (non-hydrogen) atoms. The molecule has 0 atom stereocenters. The number of nitrogens with one attached hydrogen (secondary N) is 3. The number of sulfonamides is 1. The highest BCUT2D eigenvalue weighted by molar-refractivity contribution is 7.88. The number of hydrogen-bond acceptors (Lipinski definition) is 3. The summed E-state index contributed by atoms with van der Waals surface area (Å²) in [5.74, 6) is 0.666. The fraction of sp³-hybridized carbons (Fsp3) is 0.533. The minimum absolute atomic E-state index is 0.330. The summed E-state index contributed by atoms with van der Waals surface area (Å²) in [6.45, 7) is 5.77. The zero-order chi connectivity index (χ0) is 16.6. The van der Waals surface area contributed by atoms with Crippen LogP contribution in [0.15, 0.2) is 23.2 Å². The third-order valence-electron chi connectivity index (χ3n) is 2.99. The third kappa shape index (κ3) is 7.99. The summed E-state index contributed by atoms with van der Waals surface area (Å²) < 4.78 is 24.3. The summed E-state index contributed by atoms with van der Waals surface area (Å²) in [7, 11) is -1.45. The van der Waals surface area contributed by atoms with Crippen molar-refractivity contribution in [2.24, 2.45) is 4.99 Å². The second-order valence-corrected chi connectivity index (χ2v) is 7.17. The summed E-state index contributed by atoms with van der Waals surface area (Å²) in [6, 6.07) is 6.52. The van der Waals surface area contributed by atoms with Crippen molar-refractivity contribution in [2.45, 2.75) is 20.3 Å². The van der Waals surface area contributed by atoms with Gasteiger partial charge in [-0.2, -0.15) is 0 Å². The normalized spacial score (nSPS) is 12.3. The SMILES string of the molecule is CN=C(NCCNS(C)(=O)=O)NCCc1cc(C)cc(C)c1. The van der Waals surface area contributed by atoms with Crippen molar-refractivity contribution >= 4 is 16.0 Å². The molecule has 1 rings (SSSR count). The molecule has 0 unspecified atom stereocenters. The summed E-state index contributed by atoms with van der Waals surface area (Å²) in [4.78, 5) is 4.11. The molecule has 124 valence electrons. The fourth-order valence-corrected chi connectivity index (χ4v) is 2.65. The van der Waals surface area contributed by atoms with Crippen LogP contribution in [0.4, 0.5) is 0 Å². The first-order valence-electron chi connectivity index (χ1n) is 7.26. The Kier molecular flexibility index (Phi) is 7.34. The highest BCUT2D eigenvalue weighted by Crippen LogP contribution is 2.08. The number of nitrogens with zero attached hydrogens (tertiary/aromatic N) is 1. The van der Waals surface area contributed by atoms with E-state index in [0.29, 0.717) is 19.0 Å². The largest absolute Gasteiger partial charge is 0.356 e. The van der Waals surface area contributed by atoms with Gasteiger partial charge < -0.3 is 10.6 Å². The molecule has 6 nitrogen and oxygen atoms in total. The van der Waals surface area contributed by atoms with Crippen LogP contribution < -0.4 is 15.4 Å². The van der Waals surface area contributed by atoms with Crippen LogP contribution in [0.25, 0.3) is 0 Å². The predicted molar refractivity (Wildman–Crippen MR) is 91.8 cm³/mol. The van der Waals surface area contributed by atoms with Gasteiger partial charge in [-0.1, -0.05) is 29.3 Å². The lowest BCUT2D eigenvalue weighted by Crippen LogP contribution is -2.42. The molecule has 1 aromatic carbocycles. The van der Waals surface area contributed by atoms with E-state index in [1.54, 1.807) is 7.05 Å². The topological polar surface area (TPSA) is 82.6 Å². The Morgan fingerprint density at radius 3 is 2.18 bits per heavy atom. The van der Waals surface area contributed by atoms with E-state index in [2.05, 4.69) is 52.4 Å². The monoisotopic (exact) mass is 326 g/mol. The van der Waals surface area contributed by atoms with E-state index < -0.39 is 10.0 Å². The number of guanidine groups is 1. The first-order valence-corrected chi connectivity index (χ1v) is 9.15. The van der Waals surface area contributed by atoms with Gasteiger partial charge in [0.1, 0.15) is 0 Å². The molecule has 3 N–H and O–H groups in total. The number of rotatable bonds is 7. The van der Waals surface area contributed by atoms with Gasteiger partial charge in [0.15, 0.2) is 5.96 Å². The van der Waals surface area contributed by atoms with Crippen LogP contribution in [0.1, 0.15) is 16.7 Å². The van der Waals surface area contributed by atoms with E-state index in [-0.39, 0.29) is 0 Å². The van der Waals surface area contributed by atoms with E-state index in [0.717, 1.165) is 19.2 Å². The van der Waals surface area contributed by atoms with Gasteiger partial charge in [0.05, 0.1) is 6.26 Å². The van der Waals surface area contributed by atoms with Gasteiger partial charge >= 0.3 is 0 Å². The standard InChI is InChI=1S/C15H26N4O2S/c1-12-9-13(2)11-14(10-12)5-6-17-15(16-3)18-7-8-19-22(4,20)21/h9-11,19H,5-8H2,1-4H3,(H2,16,17,18). The number of benzene rings is 1. The molecule has 7 heteroatoms. The minimum Gasteiger partial charge on any atom is -0.356 e. The Bertz CT molecular complexity index is 592. The van der Waals surface area contributed by atoms with Crippen LogP contribution in [-0.2, 0) is 16.4 Å². The van der Waals surface area contributed by atoms with Crippen molar-refractivity contribution in [1.29, 1.82) is 0 Å². The van der Waals surface area contributed by atoms with Crippen molar-refractivity contribution < 1.29 is 8.42 Å². The van der Waals surface area contributed by atoms with Crippen LogP contribution >= 0.6 is 0 Å². The number of aryl methyl sites for hydroxylation is 2. The van der Waals surface area contributed by atoms with Crippen LogP contribution in [0.3, 0.4) is 0 Å². The molecule has 0 aliphatic rings. The Labute approximate surface area is 133 Å². The lowest BCUT2D eigenvalue weighted by atomic mass is 10.1. The van der Waals surface area contributed by atoms with E-state index in [4.69, 9.17) is 0 Å². The Morgan fingerprint density at radius 2 is 1.64 bits per heavy atom. The second-order valence-electron chi connectivity index (χ2n) is 5.34. The molecule has 0 saturated heterocycles. The molecule has 0 heterocycles. The first kappa shape index (κ1) is 18.4. The van der Waals surface area contributed by atoms with Crippen LogP contribution in [0.2, 0.25) is 0 Å². The van der Waals surface area contributed by atoms with Gasteiger partial charge in [-0.15, -0.1) is 0 Å². The highest BCUT2D eigenvalue weighted by atomic mass is 32.2. The average Bonchev–Trinajstić information content (AvgIpc) is 2.39. The maximum atomic E-state index is 10.9. The maximum Gasteiger partial charge on any atom is 0.208 e. The van der Waals surface area contributed by atoms with Crippen molar-refractivity contribution in [2.75, 3.05) is 32.9 Å². The molecule has 1 aromatic rings. The third-order valence-corrected chi connectivity index (χ3v) is 3.72. The summed E-state index contributed by atoms with van der Waals surface area (Å²) in [5.41, 5.74) is 3.83. The second kappa shape index (κ2) is 8.75. The average molecular weight is 326 g/mol. The van der Waals surface area contributed by atoms with Gasteiger partial charge in [0, 0.05) is 26.7 Å². The smallest absolute Gasteiger partial charge is 0.208 e.